The van der Waals surface area contributed by atoms with Gasteiger partial charge in [0.1, 0.15) is 5.82 Å². The Balaban J connectivity index is 2.78. The van der Waals surface area contributed by atoms with Gasteiger partial charge in [0.05, 0.1) is 18.0 Å². The standard InChI is InChI=1S/C10H7FN2O3/c1-16-10(15)8-9(14)6-4-5(11)2-3-7(6)12-13-8/h2-4H,1H3,(H,12,14). The average Bonchev–Trinajstić information content (AvgIpc) is 2.29. The number of rotatable bonds is 1. The van der Waals surface area contributed by atoms with Crippen molar-refractivity contribution in [2.24, 2.45) is 0 Å². The second-order valence-corrected chi connectivity index (χ2v) is 3.08. The summed E-state index contributed by atoms with van der Waals surface area (Å²) in [7, 11) is 1.14. The predicted octanol–water partition coefficient (Wildman–Crippen LogP) is 0.849. The highest BCUT2D eigenvalue weighted by molar-refractivity contribution is 5.91. The lowest BCUT2D eigenvalue weighted by Gasteiger charge is -2.00. The number of esters is 1. The minimum absolute atomic E-state index is 0.0652. The molecule has 6 heteroatoms. The van der Waals surface area contributed by atoms with Gasteiger partial charge in [0.2, 0.25) is 11.1 Å². The van der Waals surface area contributed by atoms with Gasteiger partial charge in [-0.05, 0) is 18.2 Å². The van der Waals surface area contributed by atoms with E-state index >= 15 is 0 Å². The fraction of sp³-hybridized carbons (Fsp3) is 0.100. The van der Waals surface area contributed by atoms with Crippen molar-refractivity contribution in [3.63, 3.8) is 0 Å². The Kier molecular flexibility index (Phi) is 2.40. The van der Waals surface area contributed by atoms with Crippen molar-refractivity contribution in [2.45, 2.75) is 0 Å². The Morgan fingerprint density at radius 3 is 2.94 bits per heavy atom. The largest absolute Gasteiger partial charge is 0.464 e. The van der Waals surface area contributed by atoms with Gasteiger partial charge in [-0.2, -0.15) is 5.10 Å². The number of halogens is 1. The Hall–Kier alpha value is -2.24. The highest BCUT2D eigenvalue weighted by atomic mass is 19.1. The molecule has 2 rings (SSSR count). The number of H-pyrrole nitrogens is 1. The van der Waals surface area contributed by atoms with Crippen LogP contribution >= 0.6 is 0 Å². The van der Waals surface area contributed by atoms with Crippen LogP contribution in [0, 0.1) is 5.82 Å². The fourth-order valence-electron chi connectivity index (χ4n) is 1.33. The molecule has 0 aliphatic heterocycles. The van der Waals surface area contributed by atoms with Gasteiger partial charge >= 0.3 is 5.97 Å². The van der Waals surface area contributed by atoms with Crippen LogP contribution in [0.4, 0.5) is 4.39 Å². The molecule has 1 aromatic carbocycles. The van der Waals surface area contributed by atoms with E-state index in [1.165, 1.54) is 12.1 Å². The summed E-state index contributed by atoms with van der Waals surface area (Å²) in [6.07, 6.45) is 0. The summed E-state index contributed by atoms with van der Waals surface area (Å²) >= 11 is 0. The topological polar surface area (TPSA) is 72.0 Å². The molecule has 0 amide bonds. The Morgan fingerprint density at radius 1 is 1.50 bits per heavy atom. The lowest BCUT2D eigenvalue weighted by molar-refractivity contribution is 0.0591. The molecule has 1 heterocycles. The number of carbonyl (C=O) groups is 1. The van der Waals surface area contributed by atoms with Crippen LogP contribution in [-0.2, 0) is 4.74 Å². The van der Waals surface area contributed by atoms with Gasteiger partial charge in [0.25, 0.3) is 0 Å². The van der Waals surface area contributed by atoms with E-state index in [4.69, 9.17) is 0 Å². The molecule has 82 valence electrons. The quantitative estimate of drug-likeness (QED) is 0.726. The number of aromatic amines is 1. The lowest BCUT2D eigenvalue weighted by atomic mass is 10.2. The van der Waals surface area contributed by atoms with E-state index in [1.54, 1.807) is 0 Å². The van der Waals surface area contributed by atoms with E-state index in [9.17, 15) is 14.0 Å². The van der Waals surface area contributed by atoms with Crippen LogP contribution < -0.4 is 5.43 Å². The van der Waals surface area contributed by atoms with Crippen LogP contribution in [0.25, 0.3) is 10.9 Å². The van der Waals surface area contributed by atoms with Gasteiger partial charge in [0.15, 0.2) is 0 Å². The maximum Gasteiger partial charge on any atom is 0.362 e. The molecule has 0 aliphatic carbocycles. The molecule has 5 nitrogen and oxygen atoms in total. The first kappa shape index (κ1) is 10.3. The van der Waals surface area contributed by atoms with Gasteiger partial charge in [-0.25, -0.2) is 9.18 Å². The maximum atomic E-state index is 12.9. The van der Waals surface area contributed by atoms with Gasteiger partial charge < -0.3 is 4.74 Å². The van der Waals surface area contributed by atoms with Crippen molar-refractivity contribution in [1.82, 2.24) is 10.2 Å². The molecular formula is C10H7FN2O3. The van der Waals surface area contributed by atoms with Gasteiger partial charge in [0, 0.05) is 0 Å². The average molecular weight is 222 g/mol. The first-order chi connectivity index (χ1) is 7.63. The molecule has 0 saturated heterocycles. The number of carbonyl (C=O) groups excluding carboxylic acids is 1. The predicted molar refractivity (Wildman–Crippen MR) is 53.7 cm³/mol. The Morgan fingerprint density at radius 2 is 2.25 bits per heavy atom. The van der Waals surface area contributed by atoms with Crippen molar-refractivity contribution >= 4 is 16.9 Å². The number of hydrogen-bond donors (Lipinski definition) is 1. The molecule has 1 aromatic heterocycles. The van der Waals surface area contributed by atoms with Crippen LogP contribution in [-0.4, -0.2) is 23.3 Å². The fourth-order valence-corrected chi connectivity index (χ4v) is 1.33. The minimum Gasteiger partial charge on any atom is -0.464 e. The maximum absolute atomic E-state index is 12.9. The monoisotopic (exact) mass is 222 g/mol. The summed E-state index contributed by atoms with van der Waals surface area (Å²) in [6, 6.07) is 3.61. The van der Waals surface area contributed by atoms with Crippen molar-refractivity contribution in [2.75, 3.05) is 7.11 Å². The molecule has 0 spiro atoms. The van der Waals surface area contributed by atoms with E-state index in [0.29, 0.717) is 5.52 Å². The minimum atomic E-state index is -0.854. The number of fused-ring (bicyclic) bond motifs is 1. The molecule has 1 N–H and O–H groups in total. The zero-order chi connectivity index (χ0) is 11.7. The van der Waals surface area contributed by atoms with Crippen LogP contribution in [0.5, 0.6) is 0 Å². The number of aromatic nitrogens is 2. The summed E-state index contributed by atoms with van der Waals surface area (Å²) in [4.78, 5) is 22.9. The zero-order valence-electron chi connectivity index (χ0n) is 8.28. The van der Waals surface area contributed by atoms with Crippen LogP contribution in [0.2, 0.25) is 0 Å². The first-order valence-corrected chi connectivity index (χ1v) is 4.39. The van der Waals surface area contributed by atoms with Gasteiger partial charge in [-0.3, -0.25) is 9.89 Å². The summed E-state index contributed by atoms with van der Waals surface area (Å²) in [6.45, 7) is 0. The van der Waals surface area contributed by atoms with Crippen LogP contribution in [0.1, 0.15) is 10.5 Å². The van der Waals surface area contributed by atoms with E-state index < -0.39 is 17.2 Å². The molecule has 16 heavy (non-hydrogen) atoms. The Bertz CT molecular complexity index is 621. The number of hydrogen-bond acceptors (Lipinski definition) is 4. The third-order valence-electron chi connectivity index (χ3n) is 2.11. The van der Waals surface area contributed by atoms with E-state index in [-0.39, 0.29) is 11.1 Å². The Labute approximate surface area is 88.9 Å². The molecule has 0 unspecified atom stereocenters. The molecule has 0 atom stereocenters. The molecule has 2 aromatic rings. The van der Waals surface area contributed by atoms with Gasteiger partial charge in [-0.15, -0.1) is 0 Å². The van der Waals surface area contributed by atoms with Crippen molar-refractivity contribution in [3.05, 3.63) is 39.9 Å². The van der Waals surface area contributed by atoms with E-state index in [0.717, 1.165) is 13.2 Å². The third kappa shape index (κ3) is 1.54. The second kappa shape index (κ2) is 3.73. The second-order valence-electron chi connectivity index (χ2n) is 3.08. The highest BCUT2D eigenvalue weighted by Gasteiger charge is 2.15. The number of benzene rings is 1. The first-order valence-electron chi connectivity index (χ1n) is 4.39. The summed E-state index contributed by atoms with van der Waals surface area (Å²) < 4.78 is 17.3. The van der Waals surface area contributed by atoms with E-state index in [2.05, 4.69) is 14.9 Å². The summed E-state index contributed by atoms with van der Waals surface area (Å²) in [5.74, 6) is -1.41. The molecule has 0 saturated carbocycles. The zero-order valence-corrected chi connectivity index (χ0v) is 8.28. The van der Waals surface area contributed by atoms with Crippen LogP contribution in [0.15, 0.2) is 23.0 Å². The molecule has 0 bridgehead atoms. The smallest absolute Gasteiger partial charge is 0.362 e. The number of nitrogens with zero attached hydrogens (tertiary/aromatic N) is 1. The molecule has 0 aliphatic rings. The van der Waals surface area contributed by atoms with Crippen molar-refractivity contribution in [3.8, 4) is 0 Å². The lowest BCUT2D eigenvalue weighted by Crippen LogP contribution is -2.20. The summed E-state index contributed by atoms with van der Waals surface area (Å²) in [5, 5.41) is 6.12. The van der Waals surface area contributed by atoms with Gasteiger partial charge in [-0.1, -0.05) is 0 Å². The van der Waals surface area contributed by atoms with E-state index in [1.807, 2.05) is 0 Å². The molecular weight excluding hydrogens is 215 g/mol. The summed E-state index contributed by atoms with van der Waals surface area (Å²) in [5.41, 5.74) is -0.681. The number of methoxy groups -OCH3 is 1. The molecule has 0 radical (unpaired) electrons. The molecule has 0 fully saturated rings. The normalized spacial score (nSPS) is 10.4. The number of nitrogens with one attached hydrogen (secondary N) is 1. The van der Waals surface area contributed by atoms with Crippen molar-refractivity contribution in [1.29, 1.82) is 0 Å². The SMILES string of the molecule is COC(=O)c1n[nH]c2ccc(F)cc2c1=O. The van der Waals surface area contributed by atoms with Crippen molar-refractivity contribution < 1.29 is 13.9 Å². The van der Waals surface area contributed by atoms with Crippen LogP contribution in [0.3, 0.4) is 0 Å². The number of ether oxygens (including phenoxy) is 1. The highest BCUT2D eigenvalue weighted by Crippen LogP contribution is 2.08. The third-order valence-corrected chi connectivity index (χ3v) is 2.11.